The number of carbonyl (C=O) groups is 4. The van der Waals surface area contributed by atoms with Crippen LogP contribution in [0.15, 0.2) is 0 Å². The molecule has 90 valence electrons. The Bertz CT molecular complexity index is 317. The molecule has 8 heteroatoms. The highest BCUT2D eigenvalue weighted by Crippen LogP contribution is 2.22. The summed E-state index contributed by atoms with van der Waals surface area (Å²) in [7, 11) is 0. The Hall–Kier alpha value is -2.12. The van der Waals surface area contributed by atoms with Crippen LogP contribution in [0.2, 0.25) is 0 Å². The number of carboxylic acids is 3. The second-order valence-electron chi connectivity index (χ2n) is 2.75. The lowest BCUT2D eigenvalue weighted by atomic mass is 9.84. The molecule has 8 nitrogen and oxygen atoms in total. The minimum Gasteiger partial charge on any atom is -0.550 e. The van der Waals surface area contributed by atoms with E-state index in [9.17, 15) is 34.5 Å². The molecule has 0 aliphatic rings. The fourth-order valence-electron chi connectivity index (χ4n) is 0.937. The molecule has 0 saturated carbocycles. The van der Waals surface area contributed by atoms with Crippen molar-refractivity contribution in [2.24, 2.45) is 5.41 Å². The SMILES string of the molecule is CCOC(=O)C(CC(=O)[O-])(C(=O)[O-])C(=O)[O-]. The zero-order valence-corrected chi connectivity index (χ0v) is 8.18. The zero-order chi connectivity index (χ0) is 12.9. The van der Waals surface area contributed by atoms with E-state index < -0.39 is 35.7 Å². The van der Waals surface area contributed by atoms with Gasteiger partial charge in [-0.3, -0.25) is 4.79 Å². The van der Waals surface area contributed by atoms with Crippen LogP contribution in [0, 0.1) is 5.41 Å². The third kappa shape index (κ3) is 2.47. The van der Waals surface area contributed by atoms with Crippen molar-refractivity contribution in [3.05, 3.63) is 0 Å². The summed E-state index contributed by atoms with van der Waals surface area (Å²) in [5, 5.41) is 31.4. The van der Waals surface area contributed by atoms with Gasteiger partial charge in [-0.25, -0.2) is 0 Å². The van der Waals surface area contributed by atoms with Gasteiger partial charge in [0.1, 0.15) is 0 Å². The normalized spacial score (nSPS) is 10.6. The highest BCUT2D eigenvalue weighted by atomic mass is 16.5. The number of ether oxygens (including phenoxy) is 1. The second-order valence-corrected chi connectivity index (χ2v) is 2.75. The van der Waals surface area contributed by atoms with Crippen LogP contribution >= 0.6 is 0 Å². The van der Waals surface area contributed by atoms with E-state index in [0.29, 0.717) is 0 Å². The quantitative estimate of drug-likeness (QED) is 0.326. The molecule has 0 fully saturated rings. The van der Waals surface area contributed by atoms with E-state index in [1.807, 2.05) is 0 Å². The average Bonchev–Trinajstić information content (AvgIpc) is 2.12. The van der Waals surface area contributed by atoms with Crippen LogP contribution < -0.4 is 15.3 Å². The summed E-state index contributed by atoms with van der Waals surface area (Å²) in [6.07, 6.45) is -1.61. The first-order chi connectivity index (χ1) is 7.28. The second kappa shape index (κ2) is 5.10. The molecule has 0 aromatic rings. The molecule has 0 unspecified atom stereocenters. The van der Waals surface area contributed by atoms with Crippen LogP contribution in [0.3, 0.4) is 0 Å². The lowest BCUT2D eigenvalue weighted by molar-refractivity contribution is -0.347. The summed E-state index contributed by atoms with van der Waals surface area (Å²) < 4.78 is 4.16. The fourth-order valence-corrected chi connectivity index (χ4v) is 0.937. The Morgan fingerprint density at radius 1 is 1.06 bits per heavy atom. The van der Waals surface area contributed by atoms with Crippen LogP contribution in [-0.2, 0) is 23.9 Å². The topological polar surface area (TPSA) is 147 Å². The summed E-state index contributed by atoms with van der Waals surface area (Å²) >= 11 is 0. The Morgan fingerprint density at radius 2 is 1.50 bits per heavy atom. The first-order valence-corrected chi connectivity index (χ1v) is 4.09. The first-order valence-electron chi connectivity index (χ1n) is 4.09. The highest BCUT2D eigenvalue weighted by molar-refractivity contribution is 6.17. The summed E-state index contributed by atoms with van der Waals surface area (Å²) in [5.74, 6) is -8.66. The summed E-state index contributed by atoms with van der Waals surface area (Å²) in [6, 6.07) is 0. The smallest absolute Gasteiger partial charge is 0.323 e. The largest absolute Gasteiger partial charge is 0.550 e. The van der Waals surface area contributed by atoms with Gasteiger partial charge in [-0.15, -0.1) is 0 Å². The molecule has 0 spiro atoms. The van der Waals surface area contributed by atoms with Crippen molar-refractivity contribution in [2.45, 2.75) is 13.3 Å². The summed E-state index contributed by atoms with van der Waals surface area (Å²) in [5.41, 5.74) is -3.38. The Balaban J connectivity index is 5.43. The molecule has 0 aromatic carbocycles. The minimum atomic E-state index is -3.38. The average molecular weight is 231 g/mol. The highest BCUT2D eigenvalue weighted by Gasteiger charge is 2.43. The van der Waals surface area contributed by atoms with Crippen molar-refractivity contribution < 1.29 is 39.2 Å². The van der Waals surface area contributed by atoms with E-state index in [4.69, 9.17) is 0 Å². The molecule has 0 saturated heterocycles. The molecular weight excluding hydrogens is 224 g/mol. The van der Waals surface area contributed by atoms with Gasteiger partial charge in [0.15, 0.2) is 5.41 Å². The number of carbonyl (C=O) groups excluding carboxylic acids is 4. The van der Waals surface area contributed by atoms with E-state index in [0.717, 1.165) is 0 Å². The Morgan fingerprint density at radius 3 is 1.75 bits per heavy atom. The Labute approximate surface area is 89.4 Å². The summed E-state index contributed by atoms with van der Waals surface area (Å²) in [6.45, 7) is 0.959. The maximum Gasteiger partial charge on any atom is 0.323 e. The van der Waals surface area contributed by atoms with Gasteiger partial charge in [0.2, 0.25) is 0 Å². The third-order valence-corrected chi connectivity index (χ3v) is 1.73. The maximum absolute atomic E-state index is 11.1. The minimum absolute atomic E-state index is 0.325. The van der Waals surface area contributed by atoms with E-state index in [1.54, 1.807) is 0 Å². The number of rotatable bonds is 6. The van der Waals surface area contributed by atoms with E-state index in [1.165, 1.54) is 6.92 Å². The van der Waals surface area contributed by atoms with Gasteiger partial charge in [-0.05, 0) is 6.92 Å². The lowest BCUT2D eigenvalue weighted by Crippen LogP contribution is -2.60. The van der Waals surface area contributed by atoms with Crippen molar-refractivity contribution in [2.75, 3.05) is 6.61 Å². The van der Waals surface area contributed by atoms with Gasteiger partial charge in [-0.1, -0.05) is 0 Å². The molecule has 0 aromatic heterocycles. The van der Waals surface area contributed by atoms with Crippen molar-refractivity contribution >= 4 is 23.9 Å². The molecular formula is C8H7O8-3. The van der Waals surface area contributed by atoms with Crippen molar-refractivity contribution in [3.63, 3.8) is 0 Å². The van der Waals surface area contributed by atoms with E-state index in [2.05, 4.69) is 4.74 Å². The lowest BCUT2D eigenvalue weighted by Gasteiger charge is -2.33. The van der Waals surface area contributed by atoms with E-state index in [-0.39, 0.29) is 6.61 Å². The molecule has 16 heavy (non-hydrogen) atoms. The van der Waals surface area contributed by atoms with Crippen molar-refractivity contribution in [3.8, 4) is 0 Å². The van der Waals surface area contributed by atoms with Crippen LogP contribution in [0.5, 0.6) is 0 Å². The number of carboxylic acid groups (broad SMARTS) is 3. The van der Waals surface area contributed by atoms with E-state index >= 15 is 0 Å². The molecule has 0 radical (unpaired) electrons. The standard InChI is InChI=1S/C8H10O8/c1-2-16-7(15)8(5(11)12,6(13)14)3-4(9)10/h2-3H2,1H3,(H,9,10)(H,11,12)(H,13,14)/p-3. The monoisotopic (exact) mass is 231 g/mol. The van der Waals surface area contributed by atoms with Gasteiger partial charge < -0.3 is 34.4 Å². The third-order valence-electron chi connectivity index (χ3n) is 1.73. The van der Waals surface area contributed by atoms with Gasteiger partial charge in [0, 0.05) is 12.4 Å². The van der Waals surface area contributed by atoms with Crippen molar-refractivity contribution in [1.29, 1.82) is 0 Å². The molecule has 0 atom stereocenters. The molecule has 0 amide bonds. The number of esters is 1. The molecule has 0 rings (SSSR count). The van der Waals surface area contributed by atoms with Crippen LogP contribution in [0.4, 0.5) is 0 Å². The van der Waals surface area contributed by atoms with Crippen molar-refractivity contribution in [1.82, 2.24) is 0 Å². The van der Waals surface area contributed by atoms with Gasteiger partial charge in [0.05, 0.1) is 18.5 Å². The zero-order valence-electron chi connectivity index (χ0n) is 8.18. The molecule has 0 aliphatic carbocycles. The fraction of sp³-hybridized carbons (Fsp3) is 0.500. The molecule has 0 aliphatic heterocycles. The predicted molar refractivity (Wildman–Crippen MR) is 38.7 cm³/mol. The summed E-state index contributed by atoms with van der Waals surface area (Å²) in [4.78, 5) is 42.5. The van der Waals surface area contributed by atoms with Gasteiger partial charge in [0.25, 0.3) is 0 Å². The number of aliphatic carboxylic acids is 3. The maximum atomic E-state index is 11.1. The van der Waals surface area contributed by atoms with Crippen LogP contribution in [0.25, 0.3) is 0 Å². The van der Waals surface area contributed by atoms with Gasteiger partial charge in [-0.2, -0.15) is 0 Å². The van der Waals surface area contributed by atoms with Crippen LogP contribution in [-0.4, -0.2) is 30.5 Å². The molecule has 0 bridgehead atoms. The first kappa shape index (κ1) is 13.9. The van der Waals surface area contributed by atoms with Gasteiger partial charge >= 0.3 is 5.97 Å². The molecule has 0 N–H and O–H groups in total. The Kier molecular flexibility index (Phi) is 4.42. The predicted octanol–water partition coefficient (Wildman–Crippen LogP) is -4.82. The van der Waals surface area contributed by atoms with Crippen LogP contribution in [0.1, 0.15) is 13.3 Å². The molecule has 0 heterocycles. The number of hydrogen-bond acceptors (Lipinski definition) is 8. The number of hydrogen-bond donors (Lipinski definition) is 0.